The van der Waals surface area contributed by atoms with E-state index in [-0.39, 0.29) is 0 Å². The fourth-order valence-corrected chi connectivity index (χ4v) is 2.09. The lowest BCUT2D eigenvalue weighted by Gasteiger charge is -2.22. The number of hydrogen-bond acceptors (Lipinski definition) is 4. The summed E-state index contributed by atoms with van der Waals surface area (Å²) in [6.07, 6.45) is 2.95. The van der Waals surface area contributed by atoms with E-state index in [4.69, 9.17) is 11.6 Å². The highest BCUT2D eigenvalue weighted by molar-refractivity contribution is 6.32. The van der Waals surface area contributed by atoms with Crippen LogP contribution in [0.15, 0.2) is 36.7 Å². The van der Waals surface area contributed by atoms with E-state index in [2.05, 4.69) is 15.2 Å². The van der Waals surface area contributed by atoms with Crippen LogP contribution in [-0.2, 0) is 9.53 Å². The van der Waals surface area contributed by atoms with Crippen LogP contribution in [0.1, 0.15) is 24.2 Å². The number of para-hydroxylation sites is 1. The monoisotopic (exact) mass is 321 g/mol. The molecule has 1 aromatic heterocycles. The van der Waals surface area contributed by atoms with Crippen molar-refractivity contribution < 1.29 is 14.3 Å². The van der Waals surface area contributed by atoms with Gasteiger partial charge in [-0.15, -0.1) is 0 Å². The maximum atomic E-state index is 12.2. The molecular weight excluding hydrogens is 306 g/mol. The molecular formula is C15H16ClN3O3. The summed E-state index contributed by atoms with van der Waals surface area (Å²) in [5.41, 5.74) is -0.148. The Hall–Kier alpha value is -2.34. The highest BCUT2D eigenvalue weighted by atomic mass is 35.5. The molecule has 1 N–H and O–H groups in total. The molecule has 0 aliphatic carbocycles. The lowest BCUT2D eigenvalue weighted by atomic mass is 10.1. The van der Waals surface area contributed by atoms with Gasteiger partial charge in [0, 0.05) is 6.20 Å². The average Bonchev–Trinajstić information content (AvgIpc) is 2.96. The lowest BCUT2D eigenvalue weighted by Crippen LogP contribution is -2.50. The molecule has 1 heterocycles. The van der Waals surface area contributed by atoms with Crippen molar-refractivity contribution >= 4 is 23.5 Å². The van der Waals surface area contributed by atoms with E-state index in [1.165, 1.54) is 18.0 Å². The van der Waals surface area contributed by atoms with Crippen LogP contribution in [0.25, 0.3) is 5.69 Å². The zero-order chi connectivity index (χ0) is 16.3. The summed E-state index contributed by atoms with van der Waals surface area (Å²) in [5, 5.41) is 7.24. The second-order valence-electron chi connectivity index (χ2n) is 5.20. The summed E-state index contributed by atoms with van der Waals surface area (Å²) in [4.78, 5) is 23.8. The number of rotatable bonds is 4. The molecule has 2 rings (SSSR count). The first-order valence-electron chi connectivity index (χ1n) is 6.55. The average molecular weight is 322 g/mol. The van der Waals surface area contributed by atoms with Gasteiger partial charge in [0.05, 0.1) is 29.6 Å². The molecule has 0 spiro atoms. The van der Waals surface area contributed by atoms with Gasteiger partial charge in [-0.05, 0) is 26.0 Å². The number of benzene rings is 1. The SMILES string of the molecule is COC(=O)C(C)(C)NC(=O)c1cnn(-c2ccccc2Cl)c1. The smallest absolute Gasteiger partial charge is 0.330 e. The Morgan fingerprint density at radius 1 is 1.32 bits per heavy atom. The molecule has 0 fully saturated rings. The van der Waals surface area contributed by atoms with E-state index in [1.807, 2.05) is 12.1 Å². The Bertz CT molecular complexity index is 710. The largest absolute Gasteiger partial charge is 0.467 e. The van der Waals surface area contributed by atoms with Gasteiger partial charge in [0.1, 0.15) is 5.54 Å². The Balaban J connectivity index is 2.20. The van der Waals surface area contributed by atoms with Gasteiger partial charge in [0.2, 0.25) is 0 Å². The van der Waals surface area contributed by atoms with Crippen molar-refractivity contribution in [2.45, 2.75) is 19.4 Å². The molecule has 0 unspecified atom stereocenters. The molecule has 2 aromatic rings. The minimum absolute atomic E-state index is 0.317. The van der Waals surface area contributed by atoms with Crippen LogP contribution in [0.4, 0.5) is 0 Å². The fraction of sp³-hybridized carbons (Fsp3) is 0.267. The maximum Gasteiger partial charge on any atom is 0.330 e. The van der Waals surface area contributed by atoms with E-state index in [0.717, 1.165) is 0 Å². The third-order valence-electron chi connectivity index (χ3n) is 3.07. The zero-order valence-electron chi connectivity index (χ0n) is 12.5. The maximum absolute atomic E-state index is 12.2. The van der Waals surface area contributed by atoms with Crippen LogP contribution in [0.5, 0.6) is 0 Å². The van der Waals surface area contributed by atoms with Gasteiger partial charge in [-0.2, -0.15) is 5.10 Å². The summed E-state index contributed by atoms with van der Waals surface area (Å²) >= 11 is 6.09. The zero-order valence-corrected chi connectivity index (χ0v) is 13.2. The topological polar surface area (TPSA) is 73.2 Å². The number of methoxy groups -OCH3 is 1. The molecule has 116 valence electrons. The molecule has 0 radical (unpaired) electrons. The Morgan fingerprint density at radius 2 is 2.00 bits per heavy atom. The third-order valence-corrected chi connectivity index (χ3v) is 3.39. The van der Waals surface area contributed by atoms with Crippen molar-refractivity contribution in [3.63, 3.8) is 0 Å². The summed E-state index contributed by atoms with van der Waals surface area (Å²) in [6, 6.07) is 7.15. The van der Waals surface area contributed by atoms with Crippen molar-refractivity contribution in [1.82, 2.24) is 15.1 Å². The molecule has 1 amide bonds. The number of aromatic nitrogens is 2. The summed E-state index contributed by atoms with van der Waals surface area (Å²) in [6.45, 7) is 3.13. The first-order valence-corrected chi connectivity index (χ1v) is 6.93. The molecule has 1 aromatic carbocycles. The first kappa shape index (κ1) is 16.0. The van der Waals surface area contributed by atoms with Gasteiger partial charge in [-0.3, -0.25) is 4.79 Å². The second kappa shape index (κ2) is 6.19. The van der Waals surface area contributed by atoms with Crippen LogP contribution in [0.3, 0.4) is 0 Å². The third kappa shape index (κ3) is 3.28. The number of nitrogens with zero attached hydrogens (tertiary/aromatic N) is 2. The van der Waals surface area contributed by atoms with Gasteiger partial charge >= 0.3 is 5.97 Å². The van der Waals surface area contributed by atoms with E-state index in [1.54, 1.807) is 32.2 Å². The number of carbonyl (C=O) groups excluding carboxylic acids is 2. The minimum atomic E-state index is -1.13. The lowest BCUT2D eigenvalue weighted by molar-refractivity contribution is -0.146. The quantitative estimate of drug-likeness (QED) is 0.876. The number of hydrogen-bond donors (Lipinski definition) is 1. The van der Waals surface area contributed by atoms with Crippen LogP contribution in [0.2, 0.25) is 5.02 Å². The molecule has 6 nitrogen and oxygen atoms in total. The van der Waals surface area contributed by atoms with Crippen molar-refractivity contribution in [3.05, 3.63) is 47.2 Å². The van der Waals surface area contributed by atoms with Crippen molar-refractivity contribution in [2.24, 2.45) is 0 Å². The Morgan fingerprint density at radius 3 is 2.64 bits per heavy atom. The molecule has 0 bridgehead atoms. The van der Waals surface area contributed by atoms with E-state index in [0.29, 0.717) is 16.3 Å². The molecule has 7 heteroatoms. The van der Waals surface area contributed by atoms with Gasteiger partial charge in [-0.1, -0.05) is 23.7 Å². The highest BCUT2D eigenvalue weighted by Crippen LogP contribution is 2.19. The Labute approximate surface area is 133 Å². The van der Waals surface area contributed by atoms with Gasteiger partial charge < -0.3 is 10.1 Å². The molecule has 0 aliphatic heterocycles. The highest BCUT2D eigenvalue weighted by Gasteiger charge is 2.31. The summed E-state index contributed by atoms with van der Waals surface area (Å²) in [7, 11) is 1.27. The predicted octanol–water partition coefficient (Wildman–Crippen LogP) is 2.21. The molecule has 0 saturated carbocycles. The first-order chi connectivity index (χ1) is 10.3. The van der Waals surface area contributed by atoms with Gasteiger partial charge in [-0.25, -0.2) is 9.48 Å². The molecule has 0 atom stereocenters. The van der Waals surface area contributed by atoms with Crippen LogP contribution >= 0.6 is 11.6 Å². The fourth-order valence-electron chi connectivity index (χ4n) is 1.87. The number of halogens is 1. The van der Waals surface area contributed by atoms with E-state index in [9.17, 15) is 9.59 Å². The van der Waals surface area contributed by atoms with Crippen molar-refractivity contribution in [3.8, 4) is 5.69 Å². The van der Waals surface area contributed by atoms with Crippen molar-refractivity contribution in [2.75, 3.05) is 7.11 Å². The normalized spacial score (nSPS) is 11.1. The minimum Gasteiger partial charge on any atom is -0.467 e. The summed E-state index contributed by atoms with van der Waals surface area (Å²) < 4.78 is 6.15. The van der Waals surface area contributed by atoms with E-state index < -0.39 is 17.4 Å². The number of ether oxygens (including phenoxy) is 1. The van der Waals surface area contributed by atoms with Crippen molar-refractivity contribution in [1.29, 1.82) is 0 Å². The standard InChI is InChI=1S/C15H16ClN3O3/c1-15(2,14(21)22-3)18-13(20)10-8-17-19(9-10)12-7-5-4-6-11(12)16/h4-9H,1-3H3,(H,18,20). The molecule has 0 saturated heterocycles. The number of esters is 1. The number of amides is 1. The summed E-state index contributed by atoms with van der Waals surface area (Å²) in [5.74, 6) is -0.951. The number of carbonyl (C=O) groups is 2. The second-order valence-corrected chi connectivity index (χ2v) is 5.60. The van der Waals surface area contributed by atoms with Gasteiger partial charge in [0.25, 0.3) is 5.91 Å². The van der Waals surface area contributed by atoms with Crippen LogP contribution in [0, 0.1) is 0 Å². The Kier molecular flexibility index (Phi) is 4.51. The molecule has 22 heavy (non-hydrogen) atoms. The molecule has 0 aliphatic rings. The van der Waals surface area contributed by atoms with Gasteiger partial charge in [0.15, 0.2) is 0 Å². The van der Waals surface area contributed by atoms with Crippen LogP contribution < -0.4 is 5.32 Å². The van der Waals surface area contributed by atoms with E-state index >= 15 is 0 Å². The number of nitrogens with one attached hydrogen (secondary N) is 1. The van der Waals surface area contributed by atoms with Crippen LogP contribution in [-0.4, -0.2) is 34.3 Å². The predicted molar refractivity (Wildman–Crippen MR) is 82.1 cm³/mol.